The molecule has 0 bridgehead atoms. The van der Waals surface area contributed by atoms with Gasteiger partial charge in [0.05, 0.1) is 11.4 Å². The summed E-state index contributed by atoms with van der Waals surface area (Å²) < 4.78 is 1.88. The third kappa shape index (κ3) is 2.45. The Balaban J connectivity index is 1.91. The summed E-state index contributed by atoms with van der Waals surface area (Å²) >= 11 is 1.70. The van der Waals surface area contributed by atoms with Crippen LogP contribution in [0.5, 0.6) is 0 Å². The molecule has 24 heavy (non-hydrogen) atoms. The van der Waals surface area contributed by atoms with Crippen LogP contribution in [0.4, 0.5) is 5.82 Å². The normalized spacial score (nSPS) is 16.8. The number of anilines is 1. The zero-order valence-electron chi connectivity index (χ0n) is 14.0. The molecular formula is C19H19N3OS. The van der Waals surface area contributed by atoms with E-state index in [1.165, 1.54) is 16.0 Å². The minimum atomic E-state index is 0.0476. The molecule has 1 N–H and O–H groups in total. The van der Waals surface area contributed by atoms with Crippen molar-refractivity contribution in [3.63, 3.8) is 0 Å². The molecule has 1 aliphatic heterocycles. The number of rotatable bonds is 2. The number of fused-ring (bicyclic) bond motifs is 1. The van der Waals surface area contributed by atoms with Crippen molar-refractivity contribution in [1.29, 1.82) is 0 Å². The molecule has 3 aromatic rings. The van der Waals surface area contributed by atoms with Crippen LogP contribution in [-0.2, 0) is 4.79 Å². The number of nitrogens with one attached hydrogen (secondary N) is 1. The fourth-order valence-corrected chi connectivity index (χ4v) is 4.38. The van der Waals surface area contributed by atoms with E-state index in [2.05, 4.69) is 48.8 Å². The van der Waals surface area contributed by atoms with Crippen molar-refractivity contribution in [2.45, 2.75) is 33.1 Å². The number of amides is 1. The molecule has 1 aliphatic rings. The first kappa shape index (κ1) is 15.1. The number of nitrogens with zero attached hydrogens (tertiary/aromatic N) is 2. The van der Waals surface area contributed by atoms with Crippen LogP contribution >= 0.6 is 11.3 Å². The number of benzene rings is 1. The molecule has 5 heteroatoms. The molecule has 4 nitrogen and oxygen atoms in total. The van der Waals surface area contributed by atoms with Gasteiger partial charge in [0.15, 0.2) is 0 Å². The molecule has 4 rings (SSSR count). The van der Waals surface area contributed by atoms with Crippen molar-refractivity contribution in [3.05, 3.63) is 63.0 Å². The van der Waals surface area contributed by atoms with E-state index in [0.29, 0.717) is 6.42 Å². The lowest BCUT2D eigenvalue weighted by Crippen LogP contribution is -2.24. The molecule has 0 saturated carbocycles. The molecule has 0 spiro atoms. The molecule has 2 aromatic heterocycles. The summed E-state index contributed by atoms with van der Waals surface area (Å²) in [4.78, 5) is 13.5. The highest BCUT2D eigenvalue weighted by Gasteiger charge is 2.33. The second-order valence-corrected chi connectivity index (χ2v) is 7.40. The summed E-state index contributed by atoms with van der Waals surface area (Å²) in [6, 6.07) is 10.5. The fourth-order valence-electron chi connectivity index (χ4n) is 3.54. The Hall–Kier alpha value is -2.40. The van der Waals surface area contributed by atoms with Crippen molar-refractivity contribution < 1.29 is 4.79 Å². The van der Waals surface area contributed by atoms with Gasteiger partial charge in [0.1, 0.15) is 5.82 Å². The van der Waals surface area contributed by atoms with Crippen LogP contribution < -0.4 is 5.32 Å². The van der Waals surface area contributed by atoms with Gasteiger partial charge in [0.2, 0.25) is 5.91 Å². The van der Waals surface area contributed by atoms with Gasteiger partial charge >= 0.3 is 0 Å². The lowest BCUT2D eigenvalue weighted by Gasteiger charge is -2.23. The maximum Gasteiger partial charge on any atom is 0.226 e. The van der Waals surface area contributed by atoms with Crippen LogP contribution in [0.15, 0.2) is 35.7 Å². The van der Waals surface area contributed by atoms with E-state index < -0.39 is 0 Å². The molecular weight excluding hydrogens is 318 g/mol. The van der Waals surface area contributed by atoms with Gasteiger partial charge in [0, 0.05) is 22.8 Å². The molecule has 0 fully saturated rings. The van der Waals surface area contributed by atoms with Crippen LogP contribution in [0.3, 0.4) is 0 Å². The first-order valence-corrected chi connectivity index (χ1v) is 8.92. The third-order valence-electron chi connectivity index (χ3n) is 4.44. The van der Waals surface area contributed by atoms with Crippen molar-refractivity contribution >= 4 is 23.1 Å². The average Bonchev–Trinajstić information content (AvgIpc) is 3.14. The number of carbonyl (C=O) groups excluding carboxylic acids is 1. The fraction of sp³-hybridized carbons (Fsp3) is 0.263. The van der Waals surface area contributed by atoms with Crippen molar-refractivity contribution in [2.75, 3.05) is 5.32 Å². The number of carbonyl (C=O) groups is 1. The van der Waals surface area contributed by atoms with E-state index in [1.807, 2.05) is 17.7 Å². The molecule has 0 saturated heterocycles. The average molecular weight is 337 g/mol. The van der Waals surface area contributed by atoms with Gasteiger partial charge in [0.25, 0.3) is 0 Å². The molecule has 1 atom stereocenters. The zero-order chi connectivity index (χ0) is 16.8. The Morgan fingerprint density at radius 1 is 1.21 bits per heavy atom. The lowest BCUT2D eigenvalue weighted by molar-refractivity contribution is -0.116. The first-order chi connectivity index (χ1) is 11.5. The predicted molar refractivity (Wildman–Crippen MR) is 97.2 cm³/mol. The van der Waals surface area contributed by atoms with Crippen LogP contribution in [0.25, 0.3) is 5.69 Å². The summed E-state index contributed by atoms with van der Waals surface area (Å²) in [5.74, 6) is 0.951. The number of thiophene rings is 1. The van der Waals surface area contributed by atoms with Gasteiger partial charge in [-0.1, -0.05) is 12.1 Å². The first-order valence-electron chi connectivity index (χ1n) is 8.04. The number of aryl methyl sites for hydroxylation is 3. The molecule has 0 aliphatic carbocycles. The van der Waals surface area contributed by atoms with Crippen LogP contribution in [0, 0.1) is 20.8 Å². The summed E-state index contributed by atoms with van der Waals surface area (Å²) in [6.07, 6.45) is 0.479. The van der Waals surface area contributed by atoms with Gasteiger partial charge in [-0.2, -0.15) is 5.10 Å². The van der Waals surface area contributed by atoms with Gasteiger partial charge in [-0.3, -0.25) is 4.79 Å². The zero-order valence-corrected chi connectivity index (χ0v) is 14.8. The molecule has 0 radical (unpaired) electrons. The van der Waals surface area contributed by atoms with Crippen LogP contribution in [-0.4, -0.2) is 15.7 Å². The molecule has 122 valence electrons. The van der Waals surface area contributed by atoms with E-state index in [9.17, 15) is 4.79 Å². The van der Waals surface area contributed by atoms with Gasteiger partial charge in [-0.05, 0) is 55.5 Å². The van der Waals surface area contributed by atoms with Gasteiger partial charge in [-0.25, -0.2) is 4.68 Å². The van der Waals surface area contributed by atoms with E-state index >= 15 is 0 Å². The van der Waals surface area contributed by atoms with E-state index in [-0.39, 0.29) is 11.8 Å². The molecule has 1 unspecified atom stereocenters. The molecule has 1 aromatic carbocycles. The highest BCUT2D eigenvalue weighted by atomic mass is 32.1. The monoisotopic (exact) mass is 337 g/mol. The molecule has 1 amide bonds. The van der Waals surface area contributed by atoms with Crippen molar-refractivity contribution in [2.24, 2.45) is 0 Å². The topological polar surface area (TPSA) is 46.9 Å². The Labute approximate surface area is 145 Å². The van der Waals surface area contributed by atoms with Crippen molar-refractivity contribution in [1.82, 2.24) is 9.78 Å². The highest BCUT2D eigenvalue weighted by molar-refractivity contribution is 7.10. The van der Waals surface area contributed by atoms with E-state index in [1.54, 1.807) is 11.3 Å². The van der Waals surface area contributed by atoms with Crippen molar-refractivity contribution in [3.8, 4) is 5.69 Å². The molecule has 3 heterocycles. The van der Waals surface area contributed by atoms with Crippen LogP contribution in [0.1, 0.15) is 39.6 Å². The Bertz CT molecular complexity index is 904. The predicted octanol–water partition coefficient (Wildman–Crippen LogP) is 4.33. The number of aromatic nitrogens is 2. The Morgan fingerprint density at radius 3 is 2.62 bits per heavy atom. The summed E-state index contributed by atoms with van der Waals surface area (Å²) in [5, 5.41) is 9.85. The summed E-state index contributed by atoms with van der Waals surface area (Å²) in [6.45, 7) is 6.18. The highest BCUT2D eigenvalue weighted by Crippen LogP contribution is 2.41. The van der Waals surface area contributed by atoms with Gasteiger partial charge < -0.3 is 5.32 Å². The number of hydrogen-bond acceptors (Lipinski definition) is 3. The largest absolute Gasteiger partial charge is 0.310 e. The van der Waals surface area contributed by atoms with E-state index in [4.69, 9.17) is 5.10 Å². The maximum atomic E-state index is 12.3. The Kier molecular flexibility index (Phi) is 3.53. The summed E-state index contributed by atoms with van der Waals surface area (Å²) in [5.41, 5.74) is 5.47. The minimum absolute atomic E-state index is 0.0476. The number of hydrogen-bond donors (Lipinski definition) is 1. The SMILES string of the molecule is Cc1cc(C)cc(-n2nc(C)c3c2NC(=O)CC3c2cccs2)c1. The second kappa shape index (κ2) is 5.60. The standard InChI is InChI=1S/C19H19N3OS/c1-11-7-12(2)9-14(8-11)22-19-18(13(3)21-22)15(10-17(23)20-19)16-5-4-6-24-16/h4-9,15H,10H2,1-3H3,(H,20,23). The van der Waals surface area contributed by atoms with E-state index in [0.717, 1.165) is 22.8 Å². The minimum Gasteiger partial charge on any atom is -0.310 e. The smallest absolute Gasteiger partial charge is 0.226 e. The quantitative estimate of drug-likeness (QED) is 0.756. The van der Waals surface area contributed by atoms with Crippen LogP contribution in [0.2, 0.25) is 0 Å². The summed E-state index contributed by atoms with van der Waals surface area (Å²) in [7, 11) is 0. The Morgan fingerprint density at radius 2 is 1.96 bits per heavy atom. The second-order valence-electron chi connectivity index (χ2n) is 6.43. The van der Waals surface area contributed by atoms with Gasteiger partial charge in [-0.15, -0.1) is 11.3 Å². The maximum absolute atomic E-state index is 12.3. The lowest BCUT2D eigenvalue weighted by atomic mass is 9.91. The third-order valence-corrected chi connectivity index (χ3v) is 5.43.